The minimum absolute atomic E-state index is 0.341. The van der Waals surface area contributed by atoms with Crippen molar-refractivity contribution in [3.05, 3.63) is 77.6 Å². The van der Waals surface area contributed by atoms with Gasteiger partial charge < -0.3 is 10.4 Å². The van der Waals surface area contributed by atoms with Crippen molar-refractivity contribution in [1.82, 2.24) is 20.1 Å². The molecule has 278 valence electrons. The summed E-state index contributed by atoms with van der Waals surface area (Å²) in [7, 11) is 0. The van der Waals surface area contributed by atoms with Gasteiger partial charge in [-0.1, -0.05) is 48.5 Å². The zero-order chi connectivity index (χ0) is 37.4. The number of amides is 1. The van der Waals surface area contributed by atoms with E-state index in [1.54, 1.807) is 30.5 Å². The van der Waals surface area contributed by atoms with Crippen LogP contribution >= 0.6 is 0 Å². The number of aliphatic carboxylic acids is 1. The molecule has 14 heteroatoms. The quantitative estimate of drug-likeness (QED) is 0.173. The van der Waals surface area contributed by atoms with Gasteiger partial charge in [0.2, 0.25) is 5.91 Å². The normalized spacial score (nSPS) is 18.5. The first-order chi connectivity index (χ1) is 24.5. The Balaban J connectivity index is 1.29. The van der Waals surface area contributed by atoms with Crippen molar-refractivity contribution >= 4 is 33.4 Å². The van der Waals surface area contributed by atoms with Crippen LogP contribution < -0.4 is 5.32 Å². The monoisotopic (exact) mass is 732 g/mol. The van der Waals surface area contributed by atoms with Gasteiger partial charge in [0.05, 0.1) is 6.54 Å². The maximum Gasteiger partial charge on any atom is 0.403 e. The summed E-state index contributed by atoms with van der Waals surface area (Å²) >= 11 is 0. The van der Waals surface area contributed by atoms with Gasteiger partial charge in [0, 0.05) is 43.3 Å². The van der Waals surface area contributed by atoms with Crippen molar-refractivity contribution in [3.63, 3.8) is 0 Å². The van der Waals surface area contributed by atoms with Crippen LogP contribution in [0.4, 0.5) is 30.7 Å². The number of halogens is 7. The Hall–Kier alpha value is -4.30. The average Bonchev–Trinajstić information content (AvgIpc) is 3.08. The first-order valence-corrected chi connectivity index (χ1v) is 17.2. The number of carboxylic acid groups (broad SMARTS) is 1. The number of nitrogens with zero attached hydrogens (tertiary/aromatic N) is 3. The van der Waals surface area contributed by atoms with Crippen LogP contribution in [0.1, 0.15) is 42.5 Å². The lowest BCUT2D eigenvalue weighted by Crippen LogP contribution is -2.59. The highest BCUT2D eigenvalue weighted by Crippen LogP contribution is 2.47. The number of hydrogen-bond acceptors (Lipinski definition) is 5. The van der Waals surface area contributed by atoms with E-state index in [1.807, 2.05) is 37.3 Å². The highest BCUT2D eigenvalue weighted by atomic mass is 19.4. The molecule has 3 aromatic carbocycles. The fourth-order valence-corrected chi connectivity index (χ4v) is 7.57. The first kappa shape index (κ1) is 37.5. The summed E-state index contributed by atoms with van der Waals surface area (Å²) in [6.45, 7) is 1.22. The molecule has 7 nitrogen and oxygen atoms in total. The Bertz CT molecular complexity index is 1950. The number of pyridine rings is 1. The lowest BCUT2D eigenvalue weighted by molar-refractivity contribution is -0.236. The fourth-order valence-electron chi connectivity index (χ4n) is 7.57. The first-order valence-electron chi connectivity index (χ1n) is 17.2. The van der Waals surface area contributed by atoms with Crippen LogP contribution in [0.25, 0.3) is 32.7 Å². The molecule has 0 spiro atoms. The van der Waals surface area contributed by atoms with Crippen LogP contribution in [0, 0.1) is 12.3 Å². The van der Waals surface area contributed by atoms with Crippen molar-refractivity contribution in [3.8, 4) is 11.1 Å². The van der Waals surface area contributed by atoms with Gasteiger partial charge in [0.25, 0.3) is 0 Å². The topological polar surface area (TPSA) is 85.8 Å². The predicted molar refractivity (Wildman–Crippen MR) is 182 cm³/mol. The SMILES string of the molecule is Cc1cc2c(CN3CCC(F)CC3)ccc(-c3cccc4c(C[C@H](NC(=O)C5(C(F)(F)F)CCN(CC(F)(F)F)CC5)C(=O)O)cccc34)c2cn1. The second-order valence-corrected chi connectivity index (χ2v) is 14.0. The van der Waals surface area contributed by atoms with Gasteiger partial charge in [-0.05, 0) is 90.2 Å². The maximum atomic E-state index is 14.4. The molecule has 2 aliphatic heterocycles. The second-order valence-electron chi connectivity index (χ2n) is 14.0. The Morgan fingerprint density at radius 2 is 1.52 bits per heavy atom. The van der Waals surface area contributed by atoms with E-state index in [-0.39, 0.29) is 6.42 Å². The van der Waals surface area contributed by atoms with Crippen molar-refractivity contribution in [1.29, 1.82) is 0 Å². The highest BCUT2D eigenvalue weighted by Gasteiger charge is 2.61. The molecule has 2 fully saturated rings. The van der Waals surface area contributed by atoms with E-state index in [0.717, 1.165) is 43.4 Å². The molecule has 0 saturated carbocycles. The van der Waals surface area contributed by atoms with E-state index in [1.165, 1.54) is 0 Å². The molecule has 0 aliphatic carbocycles. The minimum Gasteiger partial charge on any atom is -0.480 e. The molecule has 0 radical (unpaired) electrons. The molecular weight excluding hydrogens is 693 g/mol. The zero-order valence-electron chi connectivity index (χ0n) is 28.5. The Kier molecular flexibility index (Phi) is 10.5. The molecule has 6 rings (SSSR count). The number of aromatic nitrogens is 1. The molecule has 1 atom stereocenters. The van der Waals surface area contributed by atoms with Gasteiger partial charge in [0.15, 0.2) is 0 Å². The van der Waals surface area contributed by atoms with Crippen molar-refractivity contribution in [2.24, 2.45) is 5.41 Å². The number of alkyl halides is 7. The van der Waals surface area contributed by atoms with E-state index in [0.29, 0.717) is 43.4 Å². The molecule has 1 aromatic heterocycles. The second kappa shape index (κ2) is 14.6. The van der Waals surface area contributed by atoms with E-state index < -0.39 is 74.3 Å². The molecule has 2 N–H and O–H groups in total. The van der Waals surface area contributed by atoms with Gasteiger partial charge in [-0.15, -0.1) is 0 Å². The third kappa shape index (κ3) is 7.87. The van der Waals surface area contributed by atoms with E-state index in [9.17, 15) is 45.4 Å². The third-order valence-corrected chi connectivity index (χ3v) is 10.5. The van der Waals surface area contributed by atoms with Crippen molar-refractivity contribution < 1.29 is 45.4 Å². The number of fused-ring (bicyclic) bond motifs is 2. The number of hydrogen-bond donors (Lipinski definition) is 2. The van der Waals surface area contributed by atoms with Crippen LogP contribution in [0.5, 0.6) is 0 Å². The maximum absolute atomic E-state index is 14.4. The third-order valence-electron chi connectivity index (χ3n) is 10.5. The number of piperidine rings is 2. The molecule has 0 unspecified atom stereocenters. The Morgan fingerprint density at radius 3 is 2.17 bits per heavy atom. The summed E-state index contributed by atoms with van der Waals surface area (Å²) < 4.78 is 95.7. The summed E-state index contributed by atoms with van der Waals surface area (Å²) in [4.78, 5) is 33.3. The van der Waals surface area contributed by atoms with Crippen LogP contribution in [0.3, 0.4) is 0 Å². The molecular formula is C38H39F7N4O3. The van der Waals surface area contributed by atoms with E-state index in [4.69, 9.17) is 0 Å². The van der Waals surface area contributed by atoms with Crippen LogP contribution in [-0.2, 0) is 22.6 Å². The Labute approximate surface area is 295 Å². The fraction of sp³-hybridized carbons (Fsp3) is 0.447. The van der Waals surface area contributed by atoms with Gasteiger partial charge in [0.1, 0.15) is 17.6 Å². The number of likely N-dealkylation sites (tertiary alicyclic amines) is 2. The standard InChI is InChI=1S/C38H39F7N4O3/c1-23-18-31-25(21-48-14-10-26(39)11-15-48)8-9-30(32(31)20-46-23)29-7-3-5-27-24(4-2-6-28(27)29)19-33(34(50)51)47-35(52)36(38(43,44)45)12-16-49(17-13-36)22-37(40,41)42/h2-9,18,20,26,33H,10-17,19,21-22H2,1H3,(H,47,52)(H,50,51)/t33-/m0/s1. The number of rotatable bonds is 9. The number of carbonyl (C=O) groups excluding carboxylic acids is 1. The smallest absolute Gasteiger partial charge is 0.403 e. The molecule has 52 heavy (non-hydrogen) atoms. The lowest BCUT2D eigenvalue weighted by atomic mass is 9.76. The van der Waals surface area contributed by atoms with Gasteiger partial charge in [-0.25, -0.2) is 9.18 Å². The van der Waals surface area contributed by atoms with Crippen LogP contribution in [0.15, 0.2) is 60.8 Å². The molecule has 0 bridgehead atoms. The highest BCUT2D eigenvalue weighted by molar-refractivity contribution is 6.07. The minimum atomic E-state index is -5.12. The van der Waals surface area contributed by atoms with Gasteiger partial charge >= 0.3 is 18.3 Å². The molecule has 4 aromatic rings. The number of carbonyl (C=O) groups is 2. The van der Waals surface area contributed by atoms with E-state index >= 15 is 0 Å². The molecule has 1 amide bonds. The number of nitrogens with one attached hydrogen (secondary N) is 1. The van der Waals surface area contributed by atoms with Crippen LogP contribution in [-0.4, -0.2) is 89.1 Å². The van der Waals surface area contributed by atoms with Crippen molar-refractivity contribution in [2.45, 2.75) is 70.1 Å². The molecule has 3 heterocycles. The number of carboxylic acids is 1. The molecule has 2 saturated heterocycles. The van der Waals surface area contributed by atoms with Crippen LogP contribution in [0.2, 0.25) is 0 Å². The average molecular weight is 733 g/mol. The molecule has 2 aliphatic rings. The number of benzene rings is 3. The summed E-state index contributed by atoms with van der Waals surface area (Å²) in [5, 5.41) is 15.4. The predicted octanol–water partition coefficient (Wildman–Crippen LogP) is 7.62. The van der Waals surface area contributed by atoms with E-state index in [2.05, 4.69) is 15.2 Å². The van der Waals surface area contributed by atoms with Crippen molar-refractivity contribution in [2.75, 3.05) is 32.7 Å². The summed E-state index contributed by atoms with van der Waals surface area (Å²) in [6.07, 6.45) is -9.92. The van der Waals surface area contributed by atoms with Gasteiger partial charge in [-0.3, -0.25) is 19.6 Å². The summed E-state index contributed by atoms with van der Waals surface area (Å²) in [5.74, 6) is -3.12. The largest absolute Gasteiger partial charge is 0.480 e. The lowest BCUT2D eigenvalue weighted by Gasteiger charge is -2.42. The summed E-state index contributed by atoms with van der Waals surface area (Å²) in [6, 6.07) is 15.0. The van der Waals surface area contributed by atoms with Gasteiger partial charge in [-0.2, -0.15) is 26.3 Å². The number of aryl methyl sites for hydroxylation is 1. The zero-order valence-corrected chi connectivity index (χ0v) is 28.5. The summed E-state index contributed by atoms with van der Waals surface area (Å²) in [5.41, 5.74) is 1.03. The Morgan fingerprint density at radius 1 is 0.865 bits per heavy atom.